The molecule has 2 rings (SSSR count). The summed E-state index contributed by atoms with van der Waals surface area (Å²) in [7, 11) is 0. The Kier molecular flexibility index (Phi) is 6.09. The van der Waals surface area contributed by atoms with E-state index in [9.17, 15) is 9.59 Å². The number of hydrazine groups is 1. The van der Waals surface area contributed by atoms with Gasteiger partial charge in [-0.15, -0.1) is 0 Å². The smallest absolute Gasteiger partial charge is 0.267 e. The number of amides is 2. The monoisotopic (exact) mass is 372 g/mol. The van der Waals surface area contributed by atoms with Crippen LogP contribution in [0.1, 0.15) is 54.0 Å². The zero-order valence-electron chi connectivity index (χ0n) is 15.9. The molecule has 0 spiro atoms. The Morgan fingerprint density at radius 1 is 0.962 bits per heavy atom. The molecule has 0 aliphatic heterocycles. The van der Waals surface area contributed by atoms with E-state index in [2.05, 4.69) is 0 Å². The number of carbonyl (C=O) groups is 2. The zero-order chi connectivity index (χ0) is 19.5. The van der Waals surface area contributed by atoms with E-state index < -0.39 is 5.54 Å². The predicted molar refractivity (Wildman–Crippen MR) is 105 cm³/mol. The number of aryl methyl sites for hydroxylation is 1. The number of hydrogen-bond acceptors (Lipinski definition) is 2. The van der Waals surface area contributed by atoms with E-state index in [0.717, 1.165) is 5.56 Å². The molecular weight excluding hydrogens is 348 g/mol. The fourth-order valence-electron chi connectivity index (χ4n) is 2.73. The maximum absolute atomic E-state index is 13.3. The van der Waals surface area contributed by atoms with E-state index in [1.54, 1.807) is 24.3 Å². The van der Waals surface area contributed by atoms with Crippen molar-refractivity contribution in [2.45, 2.75) is 40.2 Å². The van der Waals surface area contributed by atoms with E-state index in [1.807, 2.05) is 58.9 Å². The Morgan fingerprint density at radius 3 is 2.08 bits per heavy atom. The Hall–Kier alpha value is -2.33. The molecule has 2 aromatic carbocycles. The van der Waals surface area contributed by atoms with Crippen molar-refractivity contribution in [3.8, 4) is 0 Å². The number of rotatable bonds is 3. The molecule has 0 N–H and O–H groups in total. The molecule has 0 unspecified atom stereocenters. The summed E-state index contributed by atoms with van der Waals surface area (Å²) in [6.07, 6.45) is 0. The van der Waals surface area contributed by atoms with Crippen LogP contribution in [0, 0.1) is 6.92 Å². The molecule has 0 aromatic heterocycles. The number of nitrogens with zero attached hydrogens (tertiary/aromatic N) is 2. The second-order valence-electron chi connectivity index (χ2n) is 7.14. The topological polar surface area (TPSA) is 40.6 Å². The number of hydrogen-bond donors (Lipinski definition) is 0. The number of carbonyl (C=O) groups excluding carboxylic acids is 2. The van der Waals surface area contributed by atoms with Crippen LogP contribution < -0.4 is 0 Å². The molecule has 0 fully saturated rings. The van der Waals surface area contributed by atoms with Crippen LogP contribution in [0.3, 0.4) is 0 Å². The van der Waals surface area contributed by atoms with Crippen molar-refractivity contribution in [1.29, 1.82) is 0 Å². The van der Waals surface area contributed by atoms with Gasteiger partial charge in [0, 0.05) is 22.7 Å². The Morgan fingerprint density at radius 2 is 1.58 bits per heavy atom. The van der Waals surface area contributed by atoms with E-state index >= 15 is 0 Å². The molecule has 2 amide bonds. The minimum absolute atomic E-state index is 0.213. The Bertz CT molecular complexity index is 797. The first-order chi connectivity index (χ1) is 12.2. The summed E-state index contributed by atoms with van der Waals surface area (Å²) < 4.78 is 0. The first-order valence-corrected chi connectivity index (χ1v) is 9.02. The van der Waals surface area contributed by atoms with Gasteiger partial charge in [0.2, 0.25) is 0 Å². The lowest BCUT2D eigenvalue weighted by Crippen LogP contribution is -2.58. The van der Waals surface area contributed by atoms with Crippen LogP contribution in [0.15, 0.2) is 48.5 Å². The molecule has 0 heterocycles. The fraction of sp³-hybridized carbons (Fsp3) is 0.333. The van der Waals surface area contributed by atoms with Crippen molar-refractivity contribution in [3.63, 3.8) is 0 Å². The standard InChI is InChI=1S/C21H25ClN2O2/c1-6-23(19(25)16-10-8-7-9-11-16)24(21(3,4)5)20(26)17-13-12-15(2)18(22)14-17/h7-14H,6H2,1-5H3. The summed E-state index contributed by atoms with van der Waals surface area (Å²) in [5, 5.41) is 3.54. The van der Waals surface area contributed by atoms with Crippen LogP contribution >= 0.6 is 11.6 Å². The van der Waals surface area contributed by atoms with Gasteiger partial charge in [0.15, 0.2) is 0 Å². The van der Waals surface area contributed by atoms with Crippen molar-refractivity contribution in [2.24, 2.45) is 0 Å². The molecule has 138 valence electrons. The average molecular weight is 373 g/mol. The normalized spacial score (nSPS) is 11.2. The zero-order valence-corrected chi connectivity index (χ0v) is 16.7. The van der Waals surface area contributed by atoms with Crippen molar-refractivity contribution in [3.05, 3.63) is 70.2 Å². The molecule has 0 atom stereocenters. The second-order valence-corrected chi connectivity index (χ2v) is 7.55. The predicted octanol–water partition coefficient (Wildman–Crippen LogP) is 4.97. The van der Waals surface area contributed by atoms with Crippen LogP contribution in [0.2, 0.25) is 5.02 Å². The van der Waals surface area contributed by atoms with Crippen molar-refractivity contribution >= 4 is 23.4 Å². The van der Waals surface area contributed by atoms with Gasteiger partial charge in [0.25, 0.3) is 11.8 Å². The first-order valence-electron chi connectivity index (χ1n) is 8.64. The SMILES string of the molecule is CCN(C(=O)c1ccccc1)N(C(=O)c1ccc(C)c(Cl)c1)C(C)(C)C. The first kappa shape index (κ1) is 20.0. The van der Waals surface area contributed by atoms with Gasteiger partial charge in [-0.05, 0) is 64.4 Å². The summed E-state index contributed by atoms with van der Waals surface area (Å²) in [6.45, 7) is 9.82. The van der Waals surface area contributed by atoms with Crippen molar-refractivity contribution < 1.29 is 9.59 Å². The quantitative estimate of drug-likeness (QED) is 0.714. The molecule has 0 bridgehead atoms. The molecule has 26 heavy (non-hydrogen) atoms. The van der Waals surface area contributed by atoms with Crippen LogP contribution in [-0.2, 0) is 0 Å². The fourth-order valence-corrected chi connectivity index (χ4v) is 2.91. The maximum Gasteiger partial charge on any atom is 0.273 e. The average Bonchev–Trinajstić information content (AvgIpc) is 2.60. The van der Waals surface area contributed by atoms with E-state index in [0.29, 0.717) is 22.7 Å². The van der Waals surface area contributed by atoms with Crippen molar-refractivity contribution in [1.82, 2.24) is 10.0 Å². The molecular formula is C21H25ClN2O2. The molecule has 0 aliphatic rings. The van der Waals surface area contributed by atoms with E-state index in [-0.39, 0.29) is 11.8 Å². The molecule has 0 saturated heterocycles. The molecule has 0 radical (unpaired) electrons. The minimum Gasteiger partial charge on any atom is -0.267 e. The largest absolute Gasteiger partial charge is 0.273 e. The third-order valence-electron chi connectivity index (χ3n) is 4.04. The molecule has 4 nitrogen and oxygen atoms in total. The highest BCUT2D eigenvalue weighted by Gasteiger charge is 2.35. The molecule has 2 aromatic rings. The highest BCUT2D eigenvalue weighted by molar-refractivity contribution is 6.31. The summed E-state index contributed by atoms with van der Waals surface area (Å²) in [5.74, 6) is -0.472. The van der Waals surface area contributed by atoms with Crippen molar-refractivity contribution in [2.75, 3.05) is 6.54 Å². The highest BCUT2D eigenvalue weighted by atomic mass is 35.5. The summed E-state index contributed by atoms with van der Waals surface area (Å²) in [6, 6.07) is 14.2. The van der Waals surface area contributed by atoms with E-state index in [1.165, 1.54) is 10.0 Å². The molecule has 0 aliphatic carbocycles. The van der Waals surface area contributed by atoms with E-state index in [4.69, 9.17) is 11.6 Å². The van der Waals surface area contributed by atoms with Crippen LogP contribution in [0.4, 0.5) is 0 Å². The van der Waals surface area contributed by atoms with Gasteiger partial charge in [-0.3, -0.25) is 9.59 Å². The van der Waals surface area contributed by atoms with Gasteiger partial charge < -0.3 is 0 Å². The molecule has 5 heteroatoms. The van der Waals surface area contributed by atoms with Gasteiger partial charge in [0.05, 0.1) is 5.54 Å². The maximum atomic E-state index is 13.3. The second kappa shape index (κ2) is 7.92. The van der Waals surface area contributed by atoms with Gasteiger partial charge in [-0.1, -0.05) is 35.9 Å². The Labute approximate surface area is 160 Å². The van der Waals surface area contributed by atoms with Gasteiger partial charge in [0.1, 0.15) is 0 Å². The number of benzene rings is 2. The summed E-state index contributed by atoms with van der Waals surface area (Å²) in [4.78, 5) is 26.3. The lowest BCUT2D eigenvalue weighted by molar-refractivity contribution is -0.0410. The summed E-state index contributed by atoms with van der Waals surface area (Å²) >= 11 is 6.20. The number of halogens is 1. The Balaban J connectivity index is 2.46. The highest BCUT2D eigenvalue weighted by Crippen LogP contribution is 2.24. The van der Waals surface area contributed by atoms with Crippen LogP contribution in [-0.4, -0.2) is 33.9 Å². The molecule has 0 saturated carbocycles. The lowest BCUT2D eigenvalue weighted by Gasteiger charge is -2.43. The van der Waals surface area contributed by atoms with Gasteiger partial charge in [-0.25, -0.2) is 10.0 Å². The van der Waals surface area contributed by atoms with Crippen LogP contribution in [0.5, 0.6) is 0 Å². The van der Waals surface area contributed by atoms with Crippen LogP contribution in [0.25, 0.3) is 0 Å². The third-order valence-corrected chi connectivity index (χ3v) is 4.45. The third kappa shape index (κ3) is 4.25. The summed E-state index contributed by atoms with van der Waals surface area (Å²) in [5.41, 5.74) is 1.31. The van der Waals surface area contributed by atoms with Gasteiger partial charge in [-0.2, -0.15) is 0 Å². The van der Waals surface area contributed by atoms with Gasteiger partial charge >= 0.3 is 0 Å². The lowest BCUT2D eigenvalue weighted by atomic mass is 10.0. The minimum atomic E-state index is -0.588.